The van der Waals surface area contributed by atoms with Gasteiger partial charge in [-0.1, -0.05) is 13.0 Å². The van der Waals surface area contributed by atoms with Crippen LogP contribution in [0.25, 0.3) is 0 Å². The van der Waals surface area contributed by atoms with E-state index in [1.165, 1.54) is 6.07 Å². The maximum Gasteiger partial charge on any atom is 0.224 e. The summed E-state index contributed by atoms with van der Waals surface area (Å²) >= 11 is 0. The van der Waals surface area contributed by atoms with E-state index in [-0.39, 0.29) is 12.3 Å². The van der Waals surface area contributed by atoms with Crippen LogP contribution in [0.4, 0.5) is 8.78 Å². The first-order chi connectivity index (χ1) is 8.52. The number of rotatable bonds is 6. The molecule has 100 valence electrons. The molecule has 0 aliphatic carbocycles. The second-order valence-corrected chi connectivity index (χ2v) is 4.39. The summed E-state index contributed by atoms with van der Waals surface area (Å²) in [6.07, 6.45) is 0.0590. The van der Waals surface area contributed by atoms with Crippen LogP contribution in [0.5, 0.6) is 0 Å². The Balaban J connectivity index is 2.42. The summed E-state index contributed by atoms with van der Waals surface area (Å²) < 4.78 is 25.6. The maximum absolute atomic E-state index is 12.9. The molecule has 5 heteroatoms. The highest BCUT2D eigenvalue weighted by Gasteiger charge is 2.08. The summed E-state index contributed by atoms with van der Waals surface area (Å²) in [5.41, 5.74) is 0.465. The Hall–Kier alpha value is -1.49. The molecule has 0 saturated carbocycles. The molecule has 0 radical (unpaired) electrons. The van der Waals surface area contributed by atoms with Crippen molar-refractivity contribution >= 4 is 5.91 Å². The molecular weight excluding hydrogens is 238 g/mol. The minimum Gasteiger partial charge on any atom is -0.355 e. The van der Waals surface area contributed by atoms with Gasteiger partial charge in [-0.05, 0) is 37.2 Å². The van der Waals surface area contributed by atoms with E-state index >= 15 is 0 Å². The standard InChI is InChI=1S/C13H18F2N2O/c1-9(7-16-2)8-17-13(18)6-10-3-4-11(14)12(15)5-10/h3-5,9,16H,6-8H2,1-2H3,(H,17,18)/t9-/m1/s1. The Kier molecular flexibility index (Phi) is 5.71. The van der Waals surface area contributed by atoms with Gasteiger partial charge in [0.2, 0.25) is 5.91 Å². The molecule has 1 aromatic rings. The molecule has 18 heavy (non-hydrogen) atoms. The molecule has 1 amide bonds. The summed E-state index contributed by atoms with van der Waals surface area (Å²) in [6, 6.07) is 3.49. The molecule has 1 rings (SSSR count). The van der Waals surface area contributed by atoms with Crippen molar-refractivity contribution in [1.82, 2.24) is 10.6 Å². The van der Waals surface area contributed by atoms with Crippen molar-refractivity contribution in [2.45, 2.75) is 13.3 Å². The van der Waals surface area contributed by atoms with Crippen LogP contribution in [-0.4, -0.2) is 26.0 Å². The first-order valence-corrected chi connectivity index (χ1v) is 5.88. The zero-order chi connectivity index (χ0) is 13.5. The molecule has 0 heterocycles. The summed E-state index contributed by atoms with van der Waals surface area (Å²) in [5.74, 6) is -1.70. The van der Waals surface area contributed by atoms with Crippen molar-refractivity contribution in [2.75, 3.05) is 20.1 Å². The van der Waals surface area contributed by atoms with Gasteiger partial charge >= 0.3 is 0 Å². The van der Waals surface area contributed by atoms with Gasteiger partial charge in [-0.2, -0.15) is 0 Å². The first-order valence-electron chi connectivity index (χ1n) is 5.88. The Morgan fingerprint density at radius 3 is 2.61 bits per heavy atom. The number of carbonyl (C=O) groups is 1. The van der Waals surface area contributed by atoms with Crippen LogP contribution >= 0.6 is 0 Å². The zero-order valence-corrected chi connectivity index (χ0v) is 10.6. The van der Waals surface area contributed by atoms with Gasteiger partial charge in [-0.25, -0.2) is 8.78 Å². The average molecular weight is 256 g/mol. The predicted octanol–water partition coefficient (Wildman–Crippen LogP) is 1.48. The third kappa shape index (κ3) is 4.79. The molecule has 0 unspecified atom stereocenters. The van der Waals surface area contributed by atoms with E-state index in [0.717, 1.165) is 18.7 Å². The topological polar surface area (TPSA) is 41.1 Å². The number of carbonyl (C=O) groups excluding carboxylic acids is 1. The van der Waals surface area contributed by atoms with Crippen molar-refractivity contribution < 1.29 is 13.6 Å². The lowest BCUT2D eigenvalue weighted by molar-refractivity contribution is -0.120. The van der Waals surface area contributed by atoms with Crippen molar-refractivity contribution in [3.63, 3.8) is 0 Å². The smallest absolute Gasteiger partial charge is 0.224 e. The van der Waals surface area contributed by atoms with E-state index in [1.807, 2.05) is 14.0 Å². The first kappa shape index (κ1) is 14.6. The number of hydrogen-bond acceptors (Lipinski definition) is 2. The second-order valence-electron chi connectivity index (χ2n) is 4.39. The maximum atomic E-state index is 12.9. The molecule has 2 N–H and O–H groups in total. The fraction of sp³-hybridized carbons (Fsp3) is 0.462. The third-order valence-corrected chi connectivity index (χ3v) is 2.55. The molecule has 0 spiro atoms. The van der Waals surface area contributed by atoms with Crippen LogP contribution in [0.1, 0.15) is 12.5 Å². The minimum atomic E-state index is -0.927. The predicted molar refractivity (Wildman–Crippen MR) is 66.2 cm³/mol. The van der Waals surface area contributed by atoms with Gasteiger partial charge in [0.25, 0.3) is 0 Å². The van der Waals surface area contributed by atoms with Gasteiger partial charge in [0.05, 0.1) is 6.42 Å². The molecule has 3 nitrogen and oxygen atoms in total. The highest BCUT2D eigenvalue weighted by Crippen LogP contribution is 2.09. The summed E-state index contributed by atoms with van der Waals surface area (Å²) in [5, 5.41) is 5.77. The van der Waals surface area contributed by atoms with Gasteiger partial charge in [-0.15, -0.1) is 0 Å². The number of benzene rings is 1. The molecule has 0 bridgehead atoms. The molecule has 0 aliphatic heterocycles. The highest BCUT2D eigenvalue weighted by atomic mass is 19.2. The van der Waals surface area contributed by atoms with E-state index in [0.29, 0.717) is 18.0 Å². The van der Waals surface area contributed by atoms with E-state index in [1.54, 1.807) is 0 Å². The van der Waals surface area contributed by atoms with Crippen molar-refractivity contribution in [1.29, 1.82) is 0 Å². The zero-order valence-electron chi connectivity index (χ0n) is 10.6. The van der Waals surface area contributed by atoms with Gasteiger partial charge in [0.1, 0.15) is 0 Å². The number of nitrogens with one attached hydrogen (secondary N) is 2. The monoisotopic (exact) mass is 256 g/mol. The minimum absolute atomic E-state index is 0.0590. The highest BCUT2D eigenvalue weighted by molar-refractivity contribution is 5.78. The number of hydrogen-bond donors (Lipinski definition) is 2. The SMILES string of the molecule is CNC[C@@H](C)CNC(=O)Cc1ccc(F)c(F)c1. The molecule has 0 fully saturated rings. The van der Waals surface area contributed by atoms with Gasteiger partial charge in [-0.3, -0.25) is 4.79 Å². The van der Waals surface area contributed by atoms with Crippen molar-refractivity contribution in [3.05, 3.63) is 35.4 Å². The van der Waals surface area contributed by atoms with Gasteiger partial charge in [0.15, 0.2) is 11.6 Å². The Bertz CT molecular complexity index is 410. The Morgan fingerprint density at radius 2 is 2.00 bits per heavy atom. The summed E-state index contributed by atoms with van der Waals surface area (Å²) in [6.45, 7) is 3.38. The molecule has 0 aromatic heterocycles. The van der Waals surface area contributed by atoms with E-state index in [4.69, 9.17) is 0 Å². The average Bonchev–Trinajstić information content (AvgIpc) is 2.32. The molecule has 1 atom stereocenters. The summed E-state index contributed by atoms with van der Waals surface area (Å²) in [7, 11) is 1.85. The van der Waals surface area contributed by atoms with Crippen LogP contribution in [0.3, 0.4) is 0 Å². The molecule has 0 saturated heterocycles. The van der Waals surface area contributed by atoms with Crippen LogP contribution in [0, 0.1) is 17.6 Å². The largest absolute Gasteiger partial charge is 0.355 e. The molecular formula is C13H18F2N2O. The van der Waals surface area contributed by atoms with Crippen LogP contribution in [0.2, 0.25) is 0 Å². The fourth-order valence-electron chi connectivity index (χ4n) is 1.61. The van der Waals surface area contributed by atoms with Crippen molar-refractivity contribution in [2.24, 2.45) is 5.92 Å². The molecule has 1 aromatic carbocycles. The van der Waals surface area contributed by atoms with E-state index < -0.39 is 11.6 Å². The van der Waals surface area contributed by atoms with Gasteiger partial charge < -0.3 is 10.6 Å². The van der Waals surface area contributed by atoms with E-state index in [2.05, 4.69) is 10.6 Å². The number of halogens is 2. The lowest BCUT2D eigenvalue weighted by Crippen LogP contribution is -2.33. The lowest BCUT2D eigenvalue weighted by atomic mass is 10.1. The lowest BCUT2D eigenvalue weighted by Gasteiger charge is -2.12. The van der Waals surface area contributed by atoms with Crippen LogP contribution in [-0.2, 0) is 11.2 Å². The quantitative estimate of drug-likeness (QED) is 0.809. The Morgan fingerprint density at radius 1 is 1.28 bits per heavy atom. The summed E-state index contributed by atoms with van der Waals surface area (Å²) in [4.78, 5) is 11.6. The Labute approximate surface area is 106 Å². The fourth-order valence-corrected chi connectivity index (χ4v) is 1.61. The third-order valence-electron chi connectivity index (χ3n) is 2.55. The second kappa shape index (κ2) is 7.06. The van der Waals surface area contributed by atoms with Gasteiger partial charge in [0, 0.05) is 6.54 Å². The van der Waals surface area contributed by atoms with Crippen LogP contribution in [0.15, 0.2) is 18.2 Å². The van der Waals surface area contributed by atoms with E-state index in [9.17, 15) is 13.6 Å². The number of amides is 1. The normalized spacial score (nSPS) is 12.2. The van der Waals surface area contributed by atoms with Crippen LogP contribution < -0.4 is 10.6 Å². The molecule has 0 aliphatic rings. The van der Waals surface area contributed by atoms with Crippen molar-refractivity contribution in [3.8, 4) is 0 Å².